The molecule has 0 fully saturated rings. The monoisotopic (exact) mass is 233 g/mol. The van der Waals surface area contributed by atoms with Crippen molar-refractivity contribution in [2.45, 2.75) is 0 Å². The van der Waals surface area contributed by atoms with Crippen LogP contribution in [0.1, 0.15) is 0 Å². The van der Waals surface area contributed by atoms with Gasteiger partial charge in [0.05, 0.1) is 0 Å². The second kappa shape index (κ2) is 10.5. The third-order valence-corrected chi connectivity index (χ3v) is 0. The summed E-state index contributed by atoms with van der Waals surface area (Å²) < 4.78 is 0. The Morgan fingerprint density at radius 3 is 1.33 bits per heavy atom. The molecule has 0 amide bonds. The van der Waals surface area contributed by atoms with Crippen LogP contribution in [0.15, 0.2) is 0 Å². The Kier molecular flexibility index (Phi) is 27.8. The summed E-state index contributed by atoms with van der Waals surface area (Å²) >= 11 is 0. The molecule has 0 bridgehead atoms. The quantitative estimate of drug-likeness (QED) is 0.391. The summed E-state index contributed by atoms with van der Waals surface area (Å²) in [5.41, 5.74) is 0. The molecule has 0 aliphatic carbocycles. The van der Waals surface area contributed by atoms with E-state index >= 15 is 0 Å². The Labute approximate surface area is 124 Å². The van der Waals surface area contributed by atoms with E-state index < -0.39 is 6.16 Å². The summed E-state index contributed by atoms with van der Waals surface area (Å²) in [6, 6.07) is 0. The van der Waals surface area contributed by atoms with Gasteiger partial charge in [-0.1, -0.05) is 0 Å². The molecule has 6 heavy (non-hydrogen) atoms. The summed E-state index contributed by atoms with van der Waals surface area (Å²) in [6.45, 7) is 0. The first-order valence-electron chi connectivity index (χ1n) is 0.612. The maximum Gasteiger partial charge on any atom is 2.00 e. The number of hydrogen-bond acceptors (Lipinski definition) is 3. The van der Waals surface area contributed by atoms with Gasteiger partial charge in [0.1, 0.15) is 0 Å². The molecule has 0 radical (unpaired) electrons. The van der Waals surface area contributed by atoms with Gasteiger partial charge < -0.3 is 15.0 Å². The van der Waals surface area contributed by atoms with Crippen LogP contribution in [0.4, 0.5) is 4.79 Å². The van der Waals surface area contributed by atoms with Crippen molar-refractivity contribution in [3.05, 3.63) is 0 Å². The van der Waals surface area contributed by atoms with E-state index in [0.29, 0.717) is 0 Å². The molecule has 0 saturated heterocycles. The number of carbonyl (C=O) groups excluding carboxylic acids is 1. The Morgan fingerprint density at radius 1 is 1.33 bits per heavy atom. The van der Waals surface area contributed by atoms with Crippen LogP contribution >= 0.6 is 0 Å². The first-order chi connectivity index (χ1) is 1.73. The van der Waals surface area contributed by atoms with E-state index in [1.165, 1.54) is 0 Å². The van der Waals surface area contributed by atoms with Gasteiger partial charge in [0, 0.05) is 0 Å². The van der Waals surface area contributed by atoms with Crippen molar-refractivity contribution < 1.29 is 83.9 Å². The summed E-state index contributed by atoms with van der Waals surface area (Å²) in [5, 5.41) is 16.7. The molecule has 0 atom stereocenters. The fraction of sp³-hybridized carbons (Fsp3) is 0. The summed E-state index contributed by atoms with van der Waals surface area (Å²) in [6.07, 6.45) is -2.33. The van der Waals surface area contributed by atoms with Gasteiger partial charge in [-0.25, -0.2) is 0 Å². The van der Waals surface area contributed by atoms with Crippen molar-refractivity contribution in [1.29, 1.82) is 0 Å². The first kappa shape index (κ1) is 15.8. The van der Waals surface area contributed by atoms with E-state index in [0.717, 1.165) is 0 Å². The Morgan fingerprint density at radius 2 is 1.33 bits per heavy atom. The van der Waals surface area contributed by atoms with Crippen molar-refractivity contribution in [1.82, 2.24) is 0 Å². The zero-order valence-electron chi connectivity index (χ0n) is 3.43. The van der Waals surface area contributed by atoms with Crippen LogP contribution in [0.25, 0.3) is 0 Å². The molecule has 0 heterocycles. The Bertz CT molecular complexity index is 33.8. The molecule has 0 aromatic carbocycles. The fourth-order valence-electron chi connectivity index (χ4n) is 0. The van der Waals surface area contributed by atoms with Crippen LogP contribution < -0.4 is 79.1 Å². The second-order valence-corrected chi connectivity index (χ2v) is 0.250. The zero-order chi connectivity index (χ0) is 3.58. The van der Waals surface area contributed by atoms with E-state index in [1.807, 2.05) is 0 Å². The predicted molar refractivity (Wildman–Crippen MR) is 11.1 cm³/mol. The summed E-state index contributed by atoms with van der Waals surface area (Å²) in [4.78, 5) is 8.33. The molecule has 0 aliphatic heterocycles. The van der Waals surface area contributed by atoms with Gasteiger partial charge in [-0.2, -0.15) is 0 Å². The first-order valence-corrected chi connectivity index (χ1v) is 0.612. The number of carboxylic acid groups (broad SMARTS) is 2. The standard InChI is InChI=1S/CH2O3.Ca.Cs/c2-1(3)4;;/h(H2,2,3,4);;/q;+2;+1/p-2. The minimum atomic E-state index is -2.33. The van der Waals surface area contributed by atoms with Gasteiger partial charge >= 0.3 is 107 Å². The molecular formula is CCaCsO3+. The smallest absolute Gasteiger partial charge is 0.652 e. The van der Waals surface area contributed by atoms with Gasteiger partial charge in [0.25, 0.3) is 0 Å². The SMILES string of the molecule is O=C([O-])[O-].[Ca+2].[Cs+]. The van der Waals surface area contributed by atoms with Crippen molar-refractivity contribution in [2.24, 2.45) is 0 Å². The second-order valence-electron chi connectivity index (χ2n) is 0.250. The van der Waals surface area contributed by atoms with Crippen molar-refractivity contribution >= 4 is 43.9 Å². The minimum absolute atomic E-state index is 0. The van der Waals surface area contributed by atoms with Gasteiger partial charge in [-0.3, -0.25) is 0 Å². The molecule has 0 spiro atoms. The van der Waals surface area contributed by atoms with Crippen molar-refractivity contribution in [3.63, 3.8) is 0 Å². The largest absolute Gasteiger partial charge is 2.00 e. The molecule has 0 aromatic heterocycles. The summed E-state index contributed by atoms with van der Waals surface area (Å²) in [7, 11) is 0. The third kappa shape index (κ3) is 30.8. The molecule has 0 aromatic rings. The number of hydrogen-bond donors (Lipinski definition) is 0. The van der Waals surface area contributed by atoms with Crippen LogP contribution in [0.2, 0.25) is 0 Å². The molecule has 5 heteroatoms. The maximum absolute atomic E-state index is 8.33. The van der Waals surface area contributed by atoms with Gasteiger partial charge in [0.2, 0.25) is 0 Å². The van der Waals surface area contributed by atoms with E-state index in [9.17, 15) is 0 Å². The molecule has 3 nitrogen and oxygen atoms in total. The van der Waals surface area contributed by atoms with Crippen LogP contribution in [0.3, 0.4) is 0 Å². The average Bonchev–Trinajstić information content (AvgIpc) is 0.811. The predicted octanol–water partition coefficient (Wildman–Crippen LogP) is -5.82. The molecule has 0 aliphatic rings. The van der Waals surface area contributed by atoms with E-state index in [-0.39, 0.29) is 107 Å². The van der Waals surface area contributed by atoms with Crippen LogP contribution in [-0.2, 0) is 0 Å². The van der Waals surface area contributed by atoms with Crippen LogP contribution in [0.5, 0.6) is 0 Å². The minimum Gasteiger partial charge on any atom is -0.652 e. The topological polar surface area (TPSA) is 63.2 Å². The Hall–Kier alpha value is 2.58. The number of carbonyl (C=O) groups is 1. The van der Waals surface area contributed by atoms with Gasteiger partial charge in [-0.15, -0.1) is 0 Å². The average molecular weight is 233 g/mol. The van der Waals surface area contributed by atoms with E-state index in [4.69, 9.17) is 15.0 Å². The maximum atomic E-state index is 8.33. The molecular weight excluding hydrogens is 233 g/mol. The Balaban J connectivity index is -0.0000000450. The molecule has 0 unspecified atom stereocenters. The van der Waals surface area contributed by atoms with E-state index in [1.54, 1.807) is 0 Å². The normalized spacial score (nSPS) is 4.00. The van der Waals surface area contributed by atoms with Crippen molar-refractivity contribution in [3.8, 4) is 0 Å². The zero-order valence-corrected chi connectivity index (χ0v) is 11.9. The molecule has 24 valence electrons. The molecule has 0 N–H and O–H groups in total. The van der Waals surface area contributed by atoms with Gasteiger partial charge in [0.15, 0.2) is 0 Å². The fourth-order valence-corrected chi connectivity index (χ4v) is 0. The summed E-state index contributed by atoms with van der Waals surface area (Å²) in [5.74, 6) is 0. The molecule has 0 saturated carbocycles. The van der Waals surface area contributed by atoms with Crippen molar-refractivity contribution in [2.75, 3.05) is 0 Å². The molecule has 0 rings (SSSR count). The van der Waals surface area contributed by atoms with Crippen LogP contribution in [0, 0.1) is 0 Å². The van der Waals surface area contributed by atoms with E-state index in [2.05, 4.69) is 0 Å². The number of rotatable bonds is 0. The van der Waals surface area contributed by atoms with Crippen LogP contribution in [-0.4, -0.2) is 43.9 Å². The van der Waals surface area contributed by atoms with Gasteiger partial charge in [-0.05, 0) is 6.16 Å². The third-order valence-electron chi connectivity index (χ3n) is 0.